The molecule has 4 heteroatoms. The quantitative estimate of drug-likeness (QED) is 0.508. The van der Waals surface area contributed by atoms with Gasteiger partial charge in [0, 0.05) is 0 Å². The highest BCUT2D eigenvalue weighted by Crippen LogP contribution is 2.59. The molecule has 0 spiro atoms. The SMILES string of the molecule is C=C1CCC(O)C/C1=C/C=C1\CCCC2(C)C1CCC2C(C)CCS(=O)(=O)c1ccccc1. The molecule has 180 valence electrons. The van der Waals surface area contributed by atoms with Crippen LogP contribution in [-0.2, 0) is 9.84 Å². The number of aliphatic hydroxyl groups is 1. The van der Waals surface area contributed by atoms with Gasteiger partial charge >= 0.3 is 0 Å². The maximum atomic E-state index is 12.8. The van der Waals surface area contributed by atoms with Gasteiger partial charge in [0.1, 0.15) is 0 Å². The Balaban J connectivity index is 1.45. The summed E-state index contributed by atoms with van der Waals surface area (Å²) in [5.74, 6) is 1.78. The van der Waals surface area contributed by atoms with E-state index in [1.54, 1.807) is 29.8 Å². The van der Waals surface area contributed by atoms with Crippen LogP contribution in [0.25, 0.3) is 0 Å². The molecule has 0 aliphatic heterocycles. The van der Waals surface area contributed by atoms with Gasteiger partial charge in [0.25, 0.3) is 0 Å². The Morgan fingerprint density at radius 2 is 1.91 bits per heavy atom. The van der Waals surface area contributed by atoms with Crippen LogP contribution in [0.5, 0.6) is 0 Å². The van der Waals surface area contributed by atoms with E-state index in [0.29, 0.717) is 22.6 Å². The van der Waals surface area contributed by atoms with E-state index in [1.165, 1.54) is 36.8 Å². The average molecular weight is 469 g/mol. The standard InChI is InChI=1S/C29H40O3S/c1-21-11-14-25(30)20-24(21)13-12-23-8-7-18-29(3)27(15-16-28(23)29)22(2)17-19-33(31,32)26-9-5-4-6-10-26/h4-6,9-10,12-13,22,25,27-28,30H,1,7-8,11,14-20H2,2-3H3/b23-12+,24-13-. The number of hydrogen-bond donors (Lipinski definition) is 1. The molecule has 3 aliphatic carbocycles. The van der Waals surface area contributed by atoms with Crippen molar-refractivity contribution in [1.82, 2.24) is 0 Å². The molecule has 0 heterocycles. The van der Waals surface area contributed by atoms with Crippen molar-refractivity contribution >= 4 is 9.84 Å². The van der Waals surface area contributed by atoms with Crippen molar-refractivity contribution in [2.45, 2.75) is 82.6 Å². The molecule has 1 aromatic carbocycles. The first-order valence-corrected chi connectivity index (χ1v) is 14.4. The molecule has 4 rings (SSSR count). The molecule has 3 nitrogen and oxygen atoms in total. The topological polar surface area (TPSA) is 54.4 Å². The van der Waals surface area contributed by atoms with Crippen LogP contribution in [0, 0.1) is 23.2 Å². The van der Waals surface area contributed by atoms with Crippen molar-refractivity contribution < 1.29 is 13.5 Å². The summed E-state index contributed by atoms with van der Waals surface area (Å²) < 4.78 is 25.6. The molecule has 0 bridgehead atoms. The number of fused-ring (bicyclic) bond motifs is 1. The number of hydrogen-bond acceptors (Lipinski definition) is 3. The average Bonchev–Trinajstić information content (AvgIpc) is 3.16. The lowest BCUT2D eigenvalue weighted by atomic mass is 9.61. The van der Waals surface area contributed by atoms with Crippen LogP contribution in [0.1, 0.15) is 71.6 Å². The van der Waals surface area contributed by atoms with Gasteiger partial charge in [-0.05, 0) is 98.7 Å². The molecule has 3 aliphatic rings. The van der Waals surface area contributed by atoms with E-state index in [2.05, 4.69) is 32.6 Å². The van der Waals surface area contributed by atoms with E-state index in [0.717, 1.165) is 32.1 Å². The predicted octanol–water partition coefficient (Wildman–Crippen LogP) is 6.66. The number of aliphatic hydroxyl groups excluding tert-OH is 1. The fourth-order valence-electron chi connectivity index (χ4n) is 6.90. The predicted molar refractivity (Wildman–Crippen MR) is 136 cm³/mol. The van der Waals surface area contributed by atoms with Crippen LogP contribution in [0.3, 0.4) is 0 Å². The van der Waals surface area contributed by atoms with Gasteiger partial charge < -0.3 is 5.11 Å². The minimum Gasteiger partial charge on any atom is -0.393 e. The zero-order valence-electron chi connectivity index (χ0n) is 20.3. The molecule has 5 atom stereocenters. The Morgan fingerprint density at radius 1 is 1.15 bits per heavy atom. The maximum Gasteiger partial charge on any atom is 0.178 e. The van der Waals surface area contributed by atoms with Crippen LogP contribution in [0.15, 0.2) is 70.7 Å². The molecule has 33 heavy (non-hydrogen) atoms. The monoisotopic (exact) mass is 468 g/mol. The molecule has 0 amide bonds. The molecule has 3 saturated carbocycles. The van der Waals surface area contributed by atoms with E-state index in [1.807, 2.05) is 6.07 Å². The number of benzene rings is 1. The van der Waals surface area contributed by atoms with E-state index in [4.69, 9.17) is 0 Å². The zero-order chi connectivity index (χ0) is 23.6. The van der Waals surface area contributed by atoms with Crippen LogP contribution in [-0.4, -0.2) is 25.4 Å². The van der Waals surface area contributed by atoms with Crippen molar-refractivity contribution in [2.75, 3.05) is 5.75 Å². The molecule has 0 radical (unpaired) electrons. The summed E-state index contributed by atoms with van der Waals surface area (Å²) in [6, 6.07) is 8.87. The summed E-state index contributed by atoms with van der Waals surface area (Å²) in [4.78, 5) is 0.443. The van der Waals surface area contributed by atoms with Gasteiger partial charge in [-0.2, -0.15) is 0 Å². The van der Waals surface area contributed by atoms with Crippen molar-refractivity contribution in [3.05, 3.63) is 65.8 Å². The third-order valence-electron chi connectivity index (χ3n) is 8.86. The Labute approximate surface area is 200 Å². The van der Waals surface area contributed by atoms with Gasteiger partial charge in [0.2, 0.25) is 0 Å². The third kappa shape index (κ3) is 5.22. The van der Waals surface area contributed by atoms with Gasteiger partial charge in [-0.15, -0.1) is 0 Å². The highest BCUT2D eigenvalue weighted by molar-refractivity contribution is 7.91. The van der Waals surface area contributed by atoms with Crippen molar-refractivity contribution in [2.24, 2.45) is 23.2 Å². The molecule has 5 unspecified atom stereocenters. The second kappa shape index (κ2) is 9.92. The first-order chi connectivity index (χ1) is 15.7. The normalized spacial score (nSPS) is 33.9. The number of sulfone groups is 1. The Morgan fingerprint density at radius 3 is 2.67 bits per heavy atom. The molecule has 0 saturated heterocycles. The lowest BCUT2D eigenvalue weighted by molar-refractivity contribution is 0.0963. The Kier molecular flexibility index (Phi) is 7.35. The Hall–Kier alpha value is -1.65. The summed E-state index contributed by atoms with van der Waals surface area (Å²) in [6.07, 6.45) is 13.5. The molecular formula is C29H40O3S. The largest absolute Gasteiger partial charge is 0.393 e. The highest BCUT2D eigenvalue weighted by atomic mass is 32.2. The third-order valence-corrected chi connectivity index (χ3v) is 10.6. The van der Waals surface area contributed by atoms with E-state index < -0.39 is 9.84 Å². The summed E-state index contributed by atoms with van der Waals surface area (Å²) in [5.41, 5.74) is 4.19. The first kappa shape index (κ1) is 24.5. The van der Waals surface area contributed by atoms with Gasteiger partial charge in [-0.3, -0.25) is 0 Å². The highest BCUT2D eigenvalue weighted by Gasteiger charge is 2.50. The van der Waals surface area contributed by atoms with Crippen LogP contribution < -0.4 is 0 Å². The van der Waals surface area contributed by atoms with Crippen molar-refractivity contribution in [1.29, 1.82) is 0 Å². The second-order valence-corrected chi connectivity index (χ2v) is 13.0. The zero-order valence-corrected chi connectivity index (χ0v) is 21.1. The van der Waals surface area contributed by atoms with Gasteiger partial charge in [-0.1, -0.05) is 61.9 Å². The van der Waals surface area contributed by atoms with Gasteiger partial charge in [-0.25, -0.2) is 8.42 Å². The minimum absolute atomic E-state index is 0.231. The van der Waals surface area contributed by atoms with Crippen LogP contribution in [0.2, 0.25) is 0 Å². The lowest BCUT2D eigenvalue weighted by Gasteiger charge is -2.44. The molecular weight excluding hydrogens is 428 g/mol. The summed E-state index contributed by atoms with van der Waals surface area (Å²) in [6.45, 7) is 8.94. The van der Waals surface area contributed by atoms with Gasteiger partial charge in [0.15, 0.2) is 9.84 Å². The van der Waals surface area contributed by atoms with Crippen molar-refractivity contribution in [3.63, 3.8) is 0 Å². The minimum atomic E-state index is -3.22. The van der Waals surface area contributed by atoms with Gasteiger partial charge in [0.05, 0.1) is 16.8 Å². The lowest BCUT2D eigenvalue weighted by Crippen LogP contribution is -2.36. The summed E-state index contributed by atoms with van der Waals surface area (Å²) in [5, 5.41) is 10.1. The number of allylic oxidation sites excluding steroid dienone is 4. The van der Waals surface area contributed by atoms with Crippen molar-refractivity contribution in [3.8, 4) is 0 Å². The van der Waals surface area contributed by atoms with E-state index in [9.17, 15) is 13.5 Å². The molecule has 1 aromatic rings. The second-order valence-electron chi connectivity index (χ2n) is 10.9. The van der Waals surface area contributed by atoms with Crippen LogP contribution >= 0.6 is 0 Å². The molecule has 1 N–H and O–H groups in total. The maximum absolute atomic E-state index is 12.8. The Bertz CT molecular complexity index is 1020. The van der Waals surface area contributed by atoms with E-state index in [-0.39, 0.29) is 17.3 Å². The van der Waals surface area contributed by atoms with Crippen LogP contribution in [0.4, 0.5) is 0 Å². The summed E-state index contributed by atoms with van der Waals surface area (Å²) in [7, 11) is -3.22. The smallest absolute Gasteiger partial charge is 0.178 e. The summed E-state index contributed by atoms with van der Waals surface area (Å²) >= 11 is 0. The first-order valence-electron chi connectivity index (χ1n) is 12.7. The number of rotatable bonds is 6. The van der Waals surface area contributed by atoms with E-state index >= 15 is 0 Å². The molecule has 3 fully saturated rings. The fraction of sp³-hybridized carbons (Fsp3) is 0.586. The fourth-order valence-corrected chi connectivity index (χ4v) is 8.39. The molecule has 0 aromatic heterocycles.